The van der Waals surface area contributed by atoms with Crippen LogP contribution in [0.15, 0.2) is 12.2 Å². The minimum atomic E-state index is -0.222. The second-order valence-corrected chi connectivity index (χ2v) is 3.04. The number of hydrogen-bond acceptors (Lipinski definition) is 2. The average Bonchev–Trinajstić information content (AvgIpc) is 2.33. The van der Waals surface area contributed by atoms with Gasteiger partial charge in [0.1, 0.15) is 5.57 Å². The lowest BCUT2D eigenvalue weighted by Crippen LogP contribution is -2.45. The molecule has 0 atom stereocenters. The maximum Gasteiger partial charge on any atom is 0.277 e. The maximum atomic E-state index is 11.3. The summed E-state index contributed by atoms with van der Waals surface area (Å²) < 4.78 is 0. The summed E-state index contributed by atoms with van der Waals surface area (Å²) in [4.78, 5) is 22.6. The van der Waals surface area contributed by atoms with Gasteiger partial charge in [-0.1, -0.05) is 6.58 Å². The number of amides is 2. The first-order chi connectivity index (χ1) is 5.72. The number of nitrogens with zero attached hydrogens (tertiary/aromatic N) is 2. The van der Waals surface area contributed by atoms with Crippen LogP contribution < -0.4 is 0 Å². The lowest BCUT2D eigenvalue weighted by atomic mass is 10.2. The molecule has 0 bridgehead atoms. The molecule has 64 valence electrons. The average molecular weight is 166 g/mol. The first kappa shape index (κ1) is 7.34. The Morgan fingerprint density at radius 2 is 1.42 bits per heavy atom. The van der Waals surface area contributed by atoms with E-state index in [4.69, 9.17) is 0 Å². The summed E-state index contributed by atoms with van der Waals surface area (Å²) in [6.07, 6.45) is 1.95. The molecule has 0 N–H and O–H groups in total. The van der Waals surface area contributed by atoms with Crippen molar-refractivity contribution in [3.8, 4) is 0 Å². The van der Waals surface area contributed by atoms with Crippen molar-refractivity contribution in [1.82, 2.24) is 10.0 Å². The zero-order valence-electron chi connectivity index (χ0n) is 6.75. The van der Waals surface area contributed by atoms with Gasteiger partial charge in [-0.15, -0.1) is 0 Å². The van der Waals surface area contributed by atoms with Crippen LogP contribution in [0.5, 0.6) is 0 Å². The first-order valence-corrected chi connectivity index (χ1v) is 4.04. The van der Waals surface area contributed by atoms with Crippen LogP contribution in [0.4, 0.5) is 0 Å². The minimum absolute atomic E-state index is 0.108. The van der Waals surface area contributed by atoms with Gasteiger partial charge in [-0.25, -0.2) is 10.0 Å². The summed E-state index contributed by atoms with van der Waals surface area (Å²) in [6, 6.07) is 0. The number of carbonyl (C=O) groups excluding carboxylic acids is 2. The van der Waals surface area contributed by atoms with Gasteiger partial charge in [0.25, 0.3) is 11.8 Å². The summed E-state index contributed by atoms with van der Waals surface area (Å²) in [6.45, 7) is 4.77. The summed E-state index contributed by atoms with van der Waals surface area (Å²) in [5.41, 5.74) is 0.108. The van der Waals surface area contributed by atoms with Gasteiger partial charge >= 0.3 is 0 Å². The van der Waals surface area contributed by atoms with Gasteiger partial charge in [0.05, 0.1) is 0 Å². The molecule has 2 heterocycles. The number of rotatable bonds is 0. The molecular formula is C8H10N2O2. The van der Waals surface area contributed by atoms with E-state index < -0.39 is 0 Å². The molecule has 2 amide bonds. The van der Waals surface area contributed by atoms with E-state index in [9.17, 15) is 9.59 Å². The van der Waals surface area contributed by atoms with Crippen LogP contribution in [0.3, 0.4) is 0 Å². The standard InChI is InChI=1S/C8H10N2O2/c1-6-7(11)9-4-2-3-5-10(9)8(6)12/h1-5H2. The zero-order valence-corrected chi connectivity index (χ0v) is 6.75. The fourth-order valence-electron chi connectivity index (χ4n) is 1.59. The number of hydrogen-bond donors (Lipinski definition) is 0. The normalized spacial score (nSPS) is 23.5. The van der Waals surface area contributed by atoms with E-state index in [1.807, 2.05) is 0 Å². The highest BCUT2D eigenvalue weighted by Crippen LogP contribution is 2.22. The van der Waals surface area contributed by atoms with Crippen LogP contribution in [0.25, 0.3) is 0 Å². The molecule has 2 fully saturated rings. The summed E-state index contributed by atoms with van der Waals surface area (Å²) in [5.74, 6) is -0.445. The SMILES string of the molecule is C=C1C(=O)N2CCCCN2C1=O. The Morgan fingerprint density at radius 3 is 1.83 bits per heavy atom. The summed E-state index contributed by atoms with van der Waals surface area (Å²) >= 11 is 0. The number of hydrazine groups is 1. The van der Waals surface area contributed by atoms with Crippen molar-refractivity contribution in [1.29, 1.82) is 0 Å². The third-order valence-corrected chi connectivity index (χ3v) is 2.27. The van der Waals surface area contributed by atoms with Gasteiger partial charge in [0.2, 0.25) is 0 Å². The van der Waals surface area contributed by atoms with Crippen molar-refractivity contribution in [2.45, 2.75) is 12.8 Å². The number of carbonyl (C=O) groups is 2. The van der Waals surface area contributed by atoms with Crippen LogP contribution in [-0.2, 0) is 9.59 Å². The largest absolute Gasteiger partial charge is 0.277 e. The third-order valence-electron chi connectivity index (χ3n) is 2.27. The smallest absolute Gasteiger partial charge is 0.267 e. The van der Waals surface area contributed by atoms with Crippen molar-refractivity contribution in [2.75, 3.05) is 13.1 Å². The topological polar surface area (TPSA) is 40.6 Å². The van der Waals surface area contributed by atoms with Crippen LogP contribution >= 0.6 is 0 Å². The molecule has 0 saturated carbocycles. The summed E-state index contributed by atoms with van der Waals surface area (Å²) in [5, 5.41) is 2.99. The van der Waals surface area contributed by atoms with Gasteiger partial charge in [-0.2, -0.15) is 0 Å². The van der Waals surface area contributed by atoms with E-state index in [2.05, 4.69) is 6.58 Å². The highest BCUT2D eigenvalue weighted by Gasteiger charge is 2.40. The second kappa shape index (κ2) is 2.33. The second-order valence-electron chi connectivity index (χ2n) is 3.04. The molecule has 2 saturated heterocycles. The van der Waals surface area contributed by atoms with Gasteiger partial charge < -0.3 is 0 Å². The molecular weight excluding hydrogens is 156 g/mol. The molecule has 2 aliphatic rings. The predicted octanol–water partition coefficient (Wildman–Crippen LogP) is -0.0778. The van der Waals surface area contributed by atoms with Gasteiger partial charge in [0.15, 0.2) is 0 Å². The molecule has 4 nitrogen and oxygen atoms in total. The Bertz CT molecular complexity index is 246. The van der Waals surface area contributed by atoms with E-state index in [1.54, 1.807) is 0 Å². The molecule has 2 aliphatic heterocycles. The Balaban J connectivity index is 2.31. The highest BCUT2D eigenvalue weighted by atomic mass is 16.2. The Labute approximate surface area is 70.4 Å². The Kier molecular flexibility index (Phi) is 1.43. The fraction of sp³-hybridized carbons (Fsp3) is 0.500. The predicted molar refractivity (Wildman–Crippen MR) is 41.8 cm³/mol. The molecule has 0 radical (unpaired) electrons. The molecule has 0 aromatic carbocycles. The van der Waals surface area contributed by atoms with E-state index in [0.717, 1.165) is 12.8 Å². The van der Waals surface area contributed by atoms with Crippen molar-refractivity contribution >= 4 is 11.8 Å². The van der Waals surface area contributed by atoms with Crippen molar-refractivity contribution in [3.05, 3.63) is 12.2 Å². The molecule has 0 aromatic rings. The Morgan fingerprint density at radius 1 is 1.00 bits per heavy atom. The van der Waals surface area contributed by atoms with Gasteiger partial charge in [0, 0.05) is 13.1 Å². The van der Waals surface area contributed by atoms with E-state index in [1.165, 1.54) is 10.0 Å². The Hall–Kier alpha value is -1.32. The zero-order chi connectivity index (χ0) is 8.72. The molecule has 4 heteroatoms. The quantitative estimate of drug-likeness (QED) is 0.373. The van der Waals surface area contributed by atoms with Crippen LogP contribution in [0.2, 0.25) is 0 Å². The molecule has 2 rings (SSSR count). The molecule has 0 aliphatic carbocycles. The lowest BCUT2D eigenvalue weighted by molar-refractivity contribution is -0.150. The maximum absolute atomic E-state index is 11.3. The van der Waals surface area contributed by atoms with Crippen LogP contribution in [-0.4, -0.2) is 34.9 Å². The number of fused-ring (bicyclic) bond motifs is 1. The van der Waals surface area contributed by atoms with Crippen molar-refractivity contribution < 1.29 is 9.59 Å². The van der Waals surface area contributed by atoms with Crippen molar-refractivity contribution in [3.63, 3.8) is 0 Å². The monoisotopic (exact) mass is 166 g/mol. The summed E-state index contributed by atoms with van der Waals surface area (Å²) in [7, 11) is 0. The van der Waals surface area contributed by atoms with Crippen molar-refractivity contribution in [2.24, 2.45) is 0 Å². The minimum Gasteiger partial charge on any atom is -0.267 e. The first-order valence-electron chi connectivity index (χ1n) is 4.04. The van der Waals surface area contributed by atoms with Gasteiger partial charge in [-0.3, -0.25) is 9.59 Å². The highest BCUT2D eigenvalue weighted by molar-refractivity contribution is 6.21. The molecule has 0 spiro atoms. The van der Waals surface area contributed by atoms with Gasteiger partial charge in [-0.05, 0) is 12.8 Å². The molecule has 0 unspecified atom stereocenters. The molecule has 12 heavy (non-hydrogen) atoms. The third kappa shape index (κ3) is 0.776. The van der Waals surface area contributed by atoms with E-state index in [-0.39, 0.29) is 17.4 Å². The van der Waals surface area contributed by atoms with Crippen LogP contribution in [0, 0.1) is 0 Å². The molecule has 0 aromatic heterocycles. The van der Waals surface area contributed by atoms with E-state index >= 15 is 0 Å². The fourth-order valence-corrected chi connectivity index (χ4v) is 1.59. The lowest BCUT2D eigenvalue weighted by Gasteiger charge is -2.31. The van der Waals surface area contributed by atoms with E-state index in [0.29, 0.717) is 13.1 Å². The van der Waals surface area contributed by atoms with Crippen LogP contribution in [0.1, 0.15) is 12.8 Å².